The Morgan fingerprint density at radius 3 is 2.48 bits per heavy atom. The second-order valence-electron chi connectivity index (χ2n) is 5.86. The van der Waals surface area contributed by atoms with Gasteiger partial charge in [-0.15, -0.1) is 0 Å². The molecule has 23 heavy (non-hydrogen) atoms. The van der Waals surface area contributed by atoms with Crippen LogP contribution in [0.15, 0.2) is 48.5 Å². The average molecular weight is 307 g/mol. The van der Waals surface area contributed by atoms with Crippen LogP contribution in [0.1, 0.15) is 12.8 Å². The van der Waals surface area contributed by atoms with Crippen LogP contribution in [0.4, 0.5) is 11.4 Å². The number of para-hydroxylation sites is 2. The number of benzene rings is 2. The molecule has 0 aliphatic carbocycles. The Bertz CT molecular complexity index is 879. The maximum absolute atomic E-state index is 11.4. The zero-order valence-electron chi connectivity index (χ0n) is 12.7. The van der Waals surface area contributed by atoms with E-state index in [1.807, 2.05) is 30.3 Å². The number of aromatic nitrogens is 1. The van der Waals surface area contributed by atoms with Crippen molar-refractivity contribution in [2.45, 2.75) is 12.8 Å². The topological polar surface area (TPSA) is 62.2 Å². The molecule has 1 aromatic heterocycles. The van der Waals surface area contributed by atoms with Gasteiger partial charge in [-0.25, -0.2) is 0 Å². The van der Waals surface area contributed by atoms with Crippen LogP contribution in [0.5, 0.6) is 0 Å². The summed E-state index contributed by atoms with van der Waals surface area (Å²) in [6.07, 6.45) is 2.33. The fourth-order valence-corrected chi connectivity index (χ4v) is 3.44. The molecule has 1 aliphatic rings. The van der Waals surface area contributed by atoms with Gasteiger partial charge < -0.3 is 9.88 Å². The first kappa shape index (κ1) is 13.8. The monoisotopic (exact) mass is 307 g/mol. The van der Waals surface area contributed by atoms with Crippen LogP contribution in [-0.2, 0) is 0 Å². The largest absolute Gasteiger partial charge is 0.369 e. The minimum atomic E-state index is -0.311. The zero-order chi connectivity index (χ0) is 15.8. The molecule has 2 heterocycles. The number of nitro benzene ring substituents is 1. The van der Waals surface area contributed by atoms with Crippen molar-refractivity contribution in [1.82, 2.24) is 4.98 Å². The summed E-state index contributed by atoms with van der Waals surface area (Å²) in [6, 6.07) is 15.0. The van der Waals surface area contributed by atoms with E-state index >= 15 is 0 Å². The molecule has 1 fully saturated rings. The summed E-state index contributed by atoms with van der Waals surface area (Å²) in [5.41, 5.74) is 3.74. The zero-order valence-corrected chi connectivity index (χ0v) is 12.7. The molecule has 5 nitrogen and oxygen atoms in total. The number of rotatable bonds is 3. The van der Waals surface area contributed by atoms with Gasteiger partial charge in [-0.3, -0.25) is 10.1 Å². The lowest BCUT2D eigenvalue weighted by molar-refractivity contribution is -0.384. The van der Waals surface area contributed by atoms with Crippen molar-refractivity contribution in [2.75, 3.05) is 18.0 Å². The van der Waals surface area contributed by atoms with E-state index in [-0.39, 0.29) is 10.6 Å². The molecule has 0 saturated carbocycles. The van der Waals surface area contributed by atoms with Crippen molar-refractivity contribution in [1.29, 1.82) is 0 Å². The highest BCUT2D eigenvalue weighted by Gasteiger charge is 2.25. The number of hydrogen-bond donors (Lipinski definition) is 1. The highest BCUT2D eigenvalue weighted by molar-refractivity contribution is 6.02. The number of aromatic amines is 1. The van der Waals surface area contributed by atoms with Gasteiger partial charge in [0.1, 0.15) is 0 Å². The van der Waals surface area contributed by atoms with Crippen molar-refractivity contribution >= 4 is 22.3 Å². The summed E-state index contributed by atoms with van der Waals surface area (Å²) < 4.78 is 0. The molecule has 1 saturated heterocycles. The first-order valence-electron chi connectivity index (χ1n) is 7.85. The minimum Gasteiger partial charge on any atom is -0.369 e. The number of nitrogens with one attached hydrogen (secondary N) is 1. The highest BCUT2D eigenvalue weighted by Crippen LogP contribution is 2.42. The van der Waals surface area contributed by atoms with E-state index in [1.54, 1.807) is 12.1 Å². The molecule has 5 heteroatoms. The van der Waals surface area contributed by atoms with E-state index in [4.69, 9.17) is 0 Å². The molecule has 1 N–H and O–H groups in total. The van der Waals surface area contributed by atoms with E-state index in [2.05, 4.69) is 16.0 Å². The Balaban J connectivity index is 2.00. The molecule has 116 valence electrons. The third-order valence-corrected chi connectivity index (χ3v) is 4.47. The minimum absolute atomic E-state index is 0.138. The molecular weight excluding hydrogens is 290 g/mol. The molecule has 0 spiro atoms. The molecule has 0 unspecified atom stereocenters. The lowest BCUT2D eigenvalue weighted by Gasteiger charge is -2.19. The standard InChI is InChI=1S/C18H17N3O2/c22-21(23)16-10-4-2-8-14(16)17-18(20-11-5-6-12-20)13-7-1-3-9-15(13)19-17/h1-4,7-10,19H,5-6,11-12H2. The summed E-state index contributed by atoms with van der Waals surface area (Å²) in [7, 11) is 0. The van der Waals surface area contributed by atoms with E-state index in [9.17, 15) is 10.1 Å². The first-order valence-corrected chi connectivity index (χ1v) is 7.85. The lowest BCUT2D eigenvalue weighted by Crippen LogP contribution is -2.18. The van der Waals surface area contributed by atoms with Gasteiger partial charge in [0.15, 0.2) is 0 Å². The van der Waals surface area contributed by atoms with Crippen molar-refractivity contribution in [3.8, 4) is 11.3 Å². The van der Waals surface area contributed by atoms with Crippen LogP contribution in [0.2, 0.25) is 0 Å². The maximum Gasteiger partial charge on any atom is 0.278 e. The number of H-pyrrole nitrogens is 1. The fraction of sp³-hybridized carbons (Fsp3) is 0.222. The SMILES string of the molecule is O=[N+]([O-])c1ccccc1-c1[nH]c2ccccc2c1N1CCCC1. The summed E-state index contributed by atoms with van der Waals surface area (Å²) in [6.45, 7) is 1.99. The highest BCUT2D eigenvalue weighted by atomic mass is 16.6. The van der Waals surface area contributed by atoms with Gasteiger partial charge >= 0.3 is 0 Å². The summed E-state index contributed by atoms with van der Waals surface area (Å²) >= 11 is 0. The van der Waals surface area contributed by atoms with Gasteiger partial charge in [0.05, 0.1) is 21.9 Å². The number of nitrogens with zero attached hydrogens (tertiary/aromatic N) is 2. The van der Waals surface area contributed by atoms with Crippen LogP contribution in [0.3, 0.4) is 0 Å². The quantitative estimate of drug-likeness (QED) is 0.578. The van der Waals surface area contributed by atoms with Gasteiger partial charge in [0, 0.05) is 30.1 Å². The fourth-order valence-electron chi connectivity index (χ4n) is 3.44. The lowest BCUT2D eigenvalue weighted by atomic mass is 10.1. The van der Waals surface area contributed by atoms with Gasteiger partial charge in [0.25, 0.3) is 5.69 Å². The van der Waals surface area contributed by atoms with E-state index < -0.39 is 0 Å². The predicted molar refractivity (Wildman–Crippen MR) is 91.8 cm³/mol. The summed E-state index contributed by atoms with van der Waals surface area (Å²) in [5, 5.41) is 12.5. The van der Waals surface area contributed by atoms with Crippen molar-refractivity contribution in [3.63, 3.8) is 0 Å². The van der Waals surface area contributed by atoms with Gasteiger partial charge in [0.2, 0.25) is 0 Å². The molecule has 1 aliphatic heterocycles. The normalized spacial score (nSPS) is 14.5. The molecular formula is C18H17N3O2. The Kier molecular flexibility index (Phi) is 3.26. The van der Waals surface area contributed by atoms with Gasteiger partial charge in [-0.2, -0.15) is 0 Å². The smallest absolute Gasteiger partial charge is 0.278 e. The second-order valence-corrected chi connectivity index (χ2v) is 5.86. The summed E-state index contributed by atoms with van der Waals surface area (Å²) in [4.78, 5) is 16.9. The maximum atomic E-state index is 11.4. The van der Waals surface area contributed by atoms with Crippen LogP contribution in [0.25, 0.3) is 22.2 Å². The van der Waals surface area contributed by atoms with Crippen LogP contribution >= 0.6 is 0 Å². The number of anilines is 1. The average Bonchev–Trinajstić information content (AvgIpc) is 3.21. The van der Waals surface area contributed by atoms with Crippen LogP contribution in [-0.4, -0.2) is 23.0 Å². The van der Waals surface area contributed by atoms with Crippen molar-refractivity contribution in [3.05, 3.63) is 58.6 Å². The third kappa shape index (κ3) is 2.25. The van der Waals surface area contributed by atoms with Crippen molar-refractivity contribution < 1.29 is 4.92 Å². The van der Waals surface area contributed by atoms with Gasteiger partial charge in [-0.05, 0) is 25.0 Å². The molecule has 4 rings (SSSR count). The Labute approximate surface area is 133 Å². The third-order valence-electron chi connectivity index (χ3n) is 4.47. The molecule has 0 atom stereocenters. The second kappa shape index (κ2) is 5.43. The van der Waals surface area contributed by atoms with Crippen LogP contribution in [0, 0.1) is 10.1 Å². The molecule has 0 amide bonds. The van der Waals surface area contributed by atoms with Gasteiger partial charge in [-0.1, -0.05) is 30.3 Å². The Morgan fingerprint density at radius 2 is 1.70 bits per heavy atom. The van der Waals surface area contributed by atoms with Crippen molar-refractivity contribution in [2.24, 2.45) is 0 Å². The van der Waals surface area contributed by atoms with Crippen LogP contribution < -0.4 is 4.90 Å². The number of hydrogen-bond acceptors (Lipinski definition) is 3. The van der Waals surface area contributed by atoms with E-state index in [0.29, 0.717) is 5.56 Å². The predicted octanol–water partition coefficient (Wildman–Crippen LogP) is 4.34. The Hall–Kier alpha value is -2.82. The molecule has 0 bridgehead atoms. The van der Waals surface area contributed by atoms with E-state index in [1.165, 1.54) is 0 Å². The first-order chi connectivity index (χ1) is 11.3. The Morgan fingerprint density at radius 1 is 1.00 bits per heavy atom. The molecule has 3 aromatic rings. The van der Waals surface area contributed by atoms with E-state index in [0.717, 1.165) is 48.2 Å². The molecule has 2 aromatic carbocycles. The molecule has 0 radical (unpaired) electrons. The number of fused-ring (bicyclic) bond motifs is 1. The summed E-state index contributed by atoms with van der Waals surface area (Å²) in [5.74, 6) is 0. The number of nitro groups is 1.